The number of hydrogen-bond acceptors (Lipinski definition) is 3. The van der Waals surface area contributed by atoms with Gasteiger partial charge in [0.15, 0.2) is 0 Å². The highest BCUT2D eigenvalue weighted by Crippen LogP contribution is 2.16. The Morgan fingerprint density at radius 3 is 2.45 bits per heavy atom. The van der Waals surface area contributed by atoms with Crippen molar-refractivity contribution in [3.63, 3.8) is 0 Å². The zero-order chi connectivity index (χ0) is 15.3. The van der Waals surface area contributed by atoms with Gasteiger partial charge < -0.3 is 10.1 Å². The minimum atomic E-state index is -0.573. The van der Waals surface area contributed by atoms with Gasteiger partial charge in [0.05, 0.1) is 12.1 Å². The number of halogens is 1. The summed E-state index contributed by atoms with van der Waals surface area (Å²) in [5.41, 5.74) is 0.315. The maximum atomic E-state index is 13.5. The van der Waals surface area contributed by atoms with Gasteiger partial charge in [-0.3, -0.25) is 9.59 Å². The van der Waals surface area contributed by atoms with Crippen LogP contribution in [0, 0.1) is 12.7 Å². The number of benzene rings is 1. The van der Waals surface area contributed by atoms with Crippen LogP contribution in [0.25, 0.3) is 0 Å². The van der Waals surface area contributed by atoms with E-state index in [9.17, 15) is 14.0 Å². The summed E-state index contributed by atoms with van der Waals surface area (Å²) in [6.45, 7) is 7.03. The lowest BCUT2D eigenvalue weighted by Crippen LogP contribution is -2.24. The molecule has 0 saturated heterocycles. The molecule has 0 unspecified atom stereocenters. The lowest BCUT2D eigenvalue weighted by atomic mass is 10.2. The van der Waals surface area contributed by atoms with Gasteiger partial charge in [-0.25, -0.2) is 4.39 Å². The first kappa shape index (κ1) is 16.1. The molecule has 0 aliphatic carbocycles. The van der Waals surface area contributed by atoms with Crippen LogP contribution in [0.1, 0.15) is 39.2 Å². The third-order valence-electron chi connectivity index (χ3n) is 2.37. The number of esters is 1. The van der Waals surface area contributed by atoms with Gasteiger partial charge >= 0.3 is 5.97 Å². The molecule has 4 nitrogen and oxygen atoms in total. The van der Waals surface area contributed by atoms with Crippen LogP contribution < -0.4 is 5.32 Å². The third-order valence-corrected chi connectivity index (χ3v) is 2.37. The maximum Gasteiger partial charge on any atom is 0.306 e. The van der Waals surface area contributed by atoms with Crippen LogP contribution in [0.5, 0.6) is 0 Å². The first-order chi connectivity index (χ1) is 9.17. The summed E-state index contributed by atoms with van der Waals surface area (Å²) in [7, 11) is 0. The van der Waals surface area contributed by atoms with Crippen LogP contribution in [0.2, 0.25) is 0 Å². The highest BCUT2D eigenvalue weighted by atomic mass is 19.1. The van der Waals surface area contributed by atoms with Crippen molar-refractivity contribution >= 4 is 17.6 Å². The van der Waals surface area contributed by atoms with Crippen molar-refractivity contribution in [1.82, 2.24) is 0 Å². The summed E-state index contributed by atoms with van der Waals surface area (Å²) in [5, 5.41) is 2.43. The molecular weight excluding hydrogens is 261 g/mol. The molecule has 0 aliphatic rings. The fourth-order valence-corrected chi connectivity index (χ4v) is 1.54. The van der Waals surface area contributed by atoms with Gasteiger partial charge in [-0.1, -0.05) is 6.07 Å². The minimum Gasteiger partial charge on any atom is -0.460 e. The van der Waals surface area contributed by atoms with Crippen LogP contribution in [-0.2, 0) is 14.3 Å². The van der Waals surface area contributed by atoms with E-state index < -0.39 is 23.3 Å². The van der Waals surface area contributed by atoms with Crippen molar-refractivity contribution in [2.75, 3.05) is 5.32 Å². The normalized spacial score (nSPS) is 11.1. The Hall–Kier alpha value is -1.91. The molecular formula is C15H20FNO3. The Balaban J connectivity index is 2.46. The predicted octanol–water partition coefficient (Wildman–Crippen LogP) is 3.19. The standard InChI is InChI=1S/C15H20FNO3/c1-10-5-6-12(11(16)9-10)17-13(18)7-8-14(19)20-15(2,3)4/h5-6,9H,7-8H2,1-4H3,(H,17,18). The lowest BCUT2D eigenvalue weighted by Gasteiger charge is -2.19. The highest BCUT2D eigenvalue weighted by molar-refractivity contribution is 5.92. The monoisotopic (exact) mass is 281 g/mol. The van der Waals surface area contributed by atoms with E-state index in [-0.39, 0.29) is 18.5 Å². The number of amides is 1. The van der Waals surface area contributed by atoms with Gasteiger partial charge in [-0.15, -0.1) is 0 Å². The molecule has 5 heteroatoms. The number of hydrogen-bond donors (Lipinski definition) is 1. The average molecular weight is 281 g/mol. The summed E-state index contributed by atoms with van der Waals surface area (Å²) < 4.78 is 18.6. The van der Waals surface area contributed by atoms with Gasteiger partial charge in [0.25, 0.3) is 0 Å². The average Bonchev–Trinajstić information content (AvgIpc) is 2.28. The van der Waals surface area contributed by atoms with E-state index in [1.807, 2.05) is 0 Å². The molecule has 0 fully saturated rings. The summed E-state index contributed by atoms with van der Waals surface area (Å²) in [6.07, 6.45) is -0.0706. The summed E-state index contributed by atoms with van der Waals surface area (Å²) in [4.78, 5) is 23.1. The topological polar surface area (TPSA) is 55.4 Å². The molecule has 1 amide bonds. The van der Waals surface area contributed by atoms with Crippen molar-refractivity contribution in [2.24, 2.45) is 0 Å². The quantitative estimate of drug-likeness (QED) is 0.862. The van der Waals surface area contributed by atoms with Crippen LogP contribution in [0.3, 0.4) is 0 Å². The molecule has 0 radical (unpaired) electrons. The van der Waals surface area contributed by atoms with E-state index in [2.05, 4.69) is 5.32 Å². The van der Waals surface area contributed by atoms with E-state index in [1.165, 1.54) is 12.1 Å². The molecule has 1 rings (SSSR count). The first-order valence-electron chi connectivity index (χ1n) is 6.45. The lowest BCUT2D eigenvalue weighted by molar-refractivity contribution is -0.155. The fraction of sp³-hybridized carbons (Fsp3) is 0.467. The Morgan fingerprint density at radius 2 is 1.90 bits per heavy atom. The number of anilines is 1. The van der Waals surface area contributed by atoms with Crippen LogP contribution in [0.4, 0.5) is 10.1 Å². The highest BCUT2D eigenvalue weighted by Gasteiger charge is 2.17. The number of rotatable bonds is 4. The molecule has 1 aromatic rings. The van der Waals surface area contributed by atoms with Crippen molar-refractivity contribution in [2.45, 2.75) is 46.1 Å². The summed E-state index contributed by atoms with van der Waals surface area (Å²) >= 11 is 0. The SMILES string of the molecule is Cc1ccc(NC(=O)CCC(=O)OC(C)(C)C)c(F)c1. The Bertz CT molecular complexity index is 506. The van der Waals surface area contributed by atoms with E-state index in [0.29, 0.717) is 0 Å². The van der Waals surface area contributed by atoms with E-state index in [4.69, 9.17) is 4.74 Å². The summed E-state index contributed by atoms with van der Waals surface area (Å²) in [6, 6.07) is 4.53. The first-order valence-corrected chi connectivity index (χ1v) is 6.45. The predicted molar refractivity (Wildman–Crippen MR) is 74.8 cm³/mol. The second kappa shape index (κ2) is 6.50. The molecule has 0 aliphatic heterocycles. The van der Waals surface area contributed by atoms with Crippen molar-refractivity contribution < 1.29 is 18.7 Å². The van der Waals surface area contributed by atoms with Gasteiger partial charge in [0.2, 0.25) is 5.91 Å². The molecule has 20 heavy (non-hydrogen) atoms. The summed E-state index contributed by atoms with van der Waals surface area (Å²) in [5.74, 6) is -1.36. The second-order valence-electron chi connectivity index (χ2n) is 5.62. The number of aryl methyl sites for hydroxylation is 1. The number of carbonyl (C=O) groups is 2. The zero-order valence-electron chi connectivity index (χ0n) is 12.2. The fourth-order valence-electron chi connectivity index (χ4n) is 1.54. The molecule has 0 spiro atoms. The van der Waals surface area contributed by atoms with Crippen LogP contribution in [-0.4, -0.2) is 17.5 Å². The van der Waals surface area contributed by atoms with Gasteiger partial charge in [0.1, 0.15) is 11.4 Å². The maximum absolute atomic E-state index is 13.5. The number of nitrogens with one attached hydrogen (secondary N) is 1. The van der Waals surface area contributed by atoms with E-state index in [1.54, 1.807) is 33.8 Å². The molecule has 0 heterocycles. The van der Waals surface area contributed by atoms with Crippen LogP contribution >= 0.6 is 0 Å². The van der Waals surface area contributed by atoms with Crippen molar-refractivity contribution in [3.05, 3.63) is 29.6 Å². The third kappa shape index (κ3) is 5.82. The molecule has 0 aromatic heterocycles. The largest absolute Gasteiger partial charge is 0.460 e. The Labute approximate surface area is 118 Å². The zero-order valence-corrected chi connectivity index (χ0v) is 12.2. The number of ether oxygens (including phenoxy) is 1. The van der Waals surface area contributed by atoms with E-state index >= 15 is 0 Å². The Morgan fingerprint density at radius 1 is 1.25 bits per heavy atom. The molecule has 0 saturated carbocycles. The molecule has 0 atom stereocenters. The van der Waals surface area contributed by atoms with Gasteiger partial charge in [-0.2, -0.15) is 0 Å². The van der Waals surface area contributed by atoms with Crippen molar-refractivity contribution in [3.8, 4) is 0 Å². The van der Waals surface area contributed by atoms with Gasteiger partial charge in [-0.05, 0) is 45.4 Å². The number of carbonyl (C=O) groups excluding carboxylic acids is 2. The molecule has 1 aromatic carbocycles. The van der Waals surface area contributed by atoms with Crippen LogP contribution in [0.15, 0.2) is 18.2 Å². The van der Waals surface area contributed by atoms with Crippen molar-refractivity contribution in [1.29, 1.82) is 0 Å². The molecule has 110 valence electrons. The minimum absolute atomic E-state index is 0.0312. The molecule has 1 N–H and O–H groups in total. The van der Waals surface area contributed by atoms with Gasteiger partial charge in [0, 0.05) is 6.42 Å². The molecule has 0 bridgehead atoms. The smallest absolute Gasteiger partial charge is 0.306 e. The Kier molecular flexibility index (Phi) is 5.25. The van der Waals surface area contributed by atoms with E-state index in [0.717, 1.165) is 5.56 Å². The second-order valence-corrected chi connectivity index (χ2v) is 5.62.